The lowest BCUT2D eigenvalue weighted by Crippen LogP contribution is -1.97. The summed E-state index contributed by atoms with van der Waals surface area (Å²) in [7, 11) is 0. The number of hydrogen-bond donors (Lipinski definition) is 0. The molecule has 0 bridgehead atoms. The summed E-state index contributed by atoms with van der Waals surface area (Å²) in [6, 6.07) is 9.62. The highest BCUT2D eigenvalue weighted by Gasteiger charge is 2.01. The molecule has 0 unspecified atom stereocenters. The van der Waals surface area contributed by atoms with Gasteiger partial charge < -0.3 is 4.74 Å². The molecule has 0 aliphatic rings. The van der Waals surface area contributed by atoms with Gasteiger partial charge in [0.2, 0.25) is 0 Å². The molecule has 0 saturated carbocycles. The third kappa shape index (κ3) is 3.45. The predicted molar refractivity (Wildman–Crippen MR) is 72.5 cm³/mol. The van der Waals surface area contributed by atoms with E-state index in [2.05, 4.69) is 20.9 Å². The summed E-state index contributed by atoms with van der Waals surface area (Å²) in [5.74, 6) is 0.876. The van der Waals surface area contributed by atoms with E-state index < -0.39 is 0 Å². The molecule has 0 atom stereocenters. The van der Waals surface area contributed by atoms with Crippen LogP contribution >= 0.6 is 27.5 Å². The van der Waals surface area contributed by atoms with Crippen LogP contribution in [0.25, 0.3) is 0 Å². The summed E-state index contributed by atoms with van der Waals surface area (Å²) in [5.41, 5.74) is 2.10. The van der Waals surface area contributed by atoms with Gasteiger partial charge in [0.05, 0.1) is 0 Å². The van der Waals surface area contributed by atoms with Crippen molar-refractivity contribution in [3.63, 3.8) is 0 Å². The molecule has 0 saturated heterocycles. The van der Waals surface area contributed by atoms with E-state index in [4.69, 9.17) is 16.3 Å². The minimum Gasteiger partial charge on any atom is -0.489 e. The summed E-state index contributed by atoms with van der Waals surface area (Å²) < 4.78 is 6.78. The average molecular weight is 313 g/mol. The van der Waals surface area contributed by atoms with Crippen molar-refractivity contribution in [2.45, 2.75) is 13.5 Å². The van der Waals surface area contributed by atoms with Gasteiger partial charge in [-0.2, -0.15) is 0 Å². The van der Waals surface area contributed by atoms with E-state index in [-0.39, 0.29) is 0 Å². The number of rotatable bonds is 3. The van der Waals surface area contributed by atoms with Crippen LogP contribution in [-0.2, 0) is 6.61 Å². The van der Waals surface area contributed by atoms with Crippen molar-refractivity contribution in [2.75, 3.05) is 0 Å². The van der Waals surface area contributed by atoms with Crippen LogP contribution in [0.5, 0.6) is 5.75 Å². The highest BCUT2D eigenvalue weighted by Crippen LogP contribution is 2.23. The highest BCUT2D eigenvalue weighted by atomic mass is 79.9. The second-order valence-corrected chi connectivity index (χ2v) is 4.99. The summed E-state index contributed by atoms with van der Waals surface area (Å²) in [4.78, 5) is 3.93. The molecular formula is C13H11BrClNO. The number of ether oxygens (including phenoxy) is 1. The lowest BCUT2D eigenvalue weighted by molar-refractivity contribution is 0.304. The normalized spacial score (nSPS) is 10.3. The summed E-state index contributed by atoms with van der Waals surface area (Å²) >= 11 is 9.23. The highest BCUT2D eigenvalue weighted by molar-refractivity contribution is 9.10. The third-order valence-corrected chi connectivity index (χ3v) is 3.02. The second kappa shape index (κ2) is 5.52. The lowest BCUT2D eigenvalue weighted by atomic mass is 10.2. The van der Waals surface area contributed by atoms with Crippen LogP contribution in [0.1, 0.15) is 11.1 Å². The number of hydrogen-bond acceptors (Lipinski definition) is 2. The van der Waals surface area contributed by atoms with Gasteiger partial charge in [0.1, 0.15) is 17.5 Å². The van der Waals surface area contributed by atoms with Gasteiger partial charge in [-0.25, -0.2) is 4.98 Å². The van der Waals surface area contributed by atoms with Crippen molar-refractivity contribution in [3.8, 4) is 5.75 Å². The van der Waals surface area contributed by atoms with Crippen molar-refractivity contribution in [1.82, 2.24) is 4.98 Å². The van der Waals surface area contributed by atoms with E-state index >= 15 is 0 Å². The zero-order valence-electron chi connectivity index (χ0n) is 9.28. The number of aryl methyl sites for hydroxylation is 1. The fourth-order valence-electron chi connectivity index (χ4n) is 1.47. The standard InChI is InChI=1S/C13H11BrClNO/c1-9-6-11(14)2-3-12(9)17-8-10-4-5-16-13(15)7-10/h2-7H,8H2,1H3. The Bertz CT molecular complexity index is 531. The molecule has 1 aromatic carbocycles. The van der Waals surface area contributed by atoms with E-state index in [9.17, 15) is 0 Å². The van der Waals surface area contributed by atoms with Gasteiger partial charge in [0, 0.05) is 10.7 Å². The summed E-state index contributed by atoms with van der Waals surface area (Å²) in [6.45, 7) is 2.50. The monoisotopic (exact) mass is 311 g/mol. The number of benzene rings is 1. The van der Waals surface area contributed by atoms with Gasteiger partial charge >= 0.3 is 0 Å². The third-order valence-electron chi connectivity index (χ3n) is 2.32. The zero-order chi connectivity index (χ0) is 12.3. The first kappa shape index (κ1) is 12.4. The molecule has 0 fully saturated rings. The number of pyridine rings is 1. The van der Waals surface area contributed by atoms with Gasteiger partial charge in [-0.05, 0) is 48.4 Å². The van der Waals surface area contributed by atoms with Crippen LogP contribution < -0.4 is 4.74 Å². The van der Waals surface area contributed by atoms with Crippen LogP contribution in [-0.4, -0.2) is 4.98 Å². The van der Waals surface area contributed by atoms with Gasteiger partial charge in [0.15, 0.2) is 0 Å². The minimum absolute atomic E-state index is 0.485. The van der Waals surface area contributed by atoms with Crippen molar-refractivity contribution >= 4 is 27.5 Å². The maximum Gasteiger partial charge on any atom is 0.129 e. The maximum absolute atomic E-state index is 5.81. The van der Waals surface area contributed by atoms with Gasteiger partial charge in [-0.15, -0.1) is 0 Å². The average Bonchev–Trinajstić information content (AvgIpc) is 2.28. The molecule has 0 aliphatic heterocycles. The lowest BCUT2D eigenvalue weighted by Gasteiger charge is -2.09. The molecule has 0 amide bonds. The largest absolute Gasteiger partial charge is 0.489 e. The van der Waals surface area contributed by atoms with Crippen molar-refractivity contribution in [2.24, 2.45) is 0 Å². The second-order valence-electron chi connectivity index (χ2n) is 3.69. The minimum atomic E-state index is 0.485. The number of nitrogens with zero attached hydrogens (tertiary/aromatic N) is 1. The van der Waals surface area contributed by atoms with Crippen LogP contribution in [0.2, 0.25) is 5.15 Å². The van der Waals surface area contributed by atoms with Gasteiger partial charge in [-0.1, -0.05) is 27.5 Å². The molecule has 0 aliphatic carbocycles. The Morgan fingerprint density at radius 3 is 2.82 bits per heavy atom. The van der Waals surface area contributed by atoms with Crippen LogP contribution in [0.4, 0.5) is 0 Å². The first-order valence-electron chi connectivity index (χ1n) is 5.14. The SMILES string of the molecule is Cc1cc(Br)ccc1OCc1ccnc(Cl)c1. The van der Waals surface area contributed by atoms with E-state index in [0.717, 1.165) is 21.3 Å². The Morgan fingerprint density at radius 1 is 1.29 bits per heavy atom. The van der Waals surface area contributed by atoms with E-state index in [0.29, 0.717) is 11.8 Å². The molecule has 88 valence electrons. The van der Waals surface area contributed by atoms with Gasteiger partial charge in [0.25, 0.3) is 0 Å². The molecule has 2 nitrogen and oxygen atoms in total. The summed E-state index contributed by atoms with van der Waals surface area (Å²) in [5, 5.41) is 0.485. The number of aromatic nitrogens is 1. The van der Waals surface area contributed by atoms with Crippen LogP contribution in [0.3, 0.4) is 0 Å². The first-order valence-corrected chi connectivity index (χ1v) is 6.31. The Labute approximate surface area is 114 Å². The topological polar surface area (TPSA) is 22.1 Å². The van der Waals surface area contributed by atoms with E-state index in [1.54, 1.807) is 12.3 Å². The molecule has 1 heterocycles. The molecular weight excluding hydrogens is 302 g/mol. The molecule has 2 aromatic rings. The summed E-state index contributed by atoms with van der Waals surface area (Å²) in [6.07, 6.45) is 1.68. The Hall–Kier alpha value is -1.06. The first-order chi connectivity index (χ1) is 8.15. The Morgan fingerprint density at radius 2 is 2.12 bits per heavy atom. The zero-order valence-corrected chi connectivity index (χ0v) is 11.6. The molecule has 1 aromatic heterocycles. The van der Waals surface area contributed by atoms with E-state index in [1.807, 2.05) is 31.2 Å². The quantitative estimate of drug-likeness (QED) is 0.784. The molecule has 0 radical (unpaired) electrons. The molecule has 17 heavy (non-hydrogen) atoms. The predicted octanol–water partition coefficient (Wildman–Crippen LogP) is 4.38. The van der Waals surface area contributed by atoms with Crippen LogP contribution in [0.15, 0.2) is 41.0 Å². The number of halogens is 2. The fourth-order valence-corrected chi connectivity index (χ4v) is 2.14. The molecule has 0 spiro atoms. The molecule has 0 N–H and O–H groups in total. The van der Waals surface area contributed by atoms with Crippen molar-refractivity contribution in [3.05, 3.63) is 57.3 Å². The van der Waals surface area contributed by atoms with Crippen molar-refractivity contribution < 1.29 is 4.74 Å². The molecule has 4 heteroatoms. The Balaban J connectivity index is 2.07. The van der Waals surface area contributed by atoms with E-state index in [1.165, 1.54) is 0 Å². The van der Waals surface area contributed by atoms with Crippen molar-refractivity contribution in [1.29, 1.82) is 0 Å². The molecule has 2 rings (SSSR count). The van der Waals surface area contributed by atoms with Crippen LogP contribution in [0, 0.1) is 6.92 Å². The fraction of sp³-hybridized carbons (Fsp3) is 0.154. The maximum atomic E-state index is 5.81. The Kier molecular flexibility index (Phi) is 4.02. The van der Waals surface area contributed by atoms with Gasteiger partial charge in [-0.3, -0.25) is 0 Å². The smallest absolute Gasteiger partial charge is 0.129 e.